The summed E-state index contributed by atoms with van der Waals surface area (Å²) in [5.41, 5.74) is 1.11. The highest BCUT2D eigenvalue weighted by Crippen LogP contribution is 2.28. The zero-order chi connectivity index (χ0) is 20.4. The average molecular weight is 394 g/mol. The van der Waals surface area contributed by atoms with Crippen LogP contribution in [0.15, 0.2) is 72.9 Å². The molecule has 0 amide bonds. The first-order chi connectivity index (χ1) is 14.0. The number of aliphatic hydroxyl groups is 1. The summed E-state index contributed by atoms with van der Waals surface area (Å²) in [7, 11) is 0. The van der Waals surface area contributed by atoms with Gasteiger partial charge in [-0.2, -0.15) is 5.10 Å². The highest BCUT2D eigenvalue weighted by molar-refractivity contribution is 5.81. The fourth-order valence-corrected chi connectivity index (χ4v) is 3.22. The number of aromatic nitrogens is 2. The van der Waals surface area contributed by atoms with E-state index in [0.29, 0.717) is 17.0 Å². The van der Waals surface area contributed by atoms with E-state index in [0.717, 1.165) is 16.5 Å². The fourth-order valence-electron chi connectivity index (χ4n) is 3.22. The van der Waals surface area contributed by atoms with E-state index < -0.39 is 12.3 Å². The van der Waals surface area contributed by atoms with E-state index in [4.69, 9.17) is 4.74 Å². The summed E-state index contributed by atoms with van der Waals surface area (Å²) in [6.07, 6.45) is 1.63. The van der Waals surface area contributed by atoms with E-state index in [1.165, 1.54) is 12.1 Å². The maximum Gasteiger partial charge on any atom is 0.152 e. The Balaban J connectivity index is 1.62. The second kappa shape index (κ2) is 7.64. The van der Waals surface area contributed by atoms with Crippen LogP contribution in [0.25, 0.3) is 16.6 Å². The van der Waals surface area contributed by atoms with Gasteiger partial charge in [-0.15, -0.1) is 0 Å². The SMILES string of the molecule is Cc1cccc(OCC(O)(CF)c2ccc3c(cnn3-c3ccc(F)cc3)c2)c1. The van der Waals surface area contributed by atoms with E-state index in [1.54, 1.807) is 47.3 Å². The predicted molar refractivity (Wildman–Crippen MR) is 108 cm³/mol. The molecule has 1 heterocycles. The van der Waals surface area contributed by atoms with Crippen LogP contribution >= 0.6 is 0 Å². The number of alkyl halides is 1. The lowest BCUT2D eigenvalue weighted by molar-refractivity contribution is -0.0289. The molecule has 1 atom stereocenters. The van der Waals surface area contributed by atoms with Crippen molar-refractivity contribution in [3.63, 3.8) is 0 Å². The number of aryl methyl sites for hydroxylation is 1. The molecule has 4 aromatic rings. The molecule has 1 aromatic heterocycles. The maximum atomic E-state index is 13.8. The molecule has 29 heavy (non-hydrogen) atoms. The first-order valence-electron chi connectivity index (χ1n) is 9.20. The molecule has 0 aliphatic rings. The normalized spacial score (nSPS) is 13.4. The molecule has 0 saturated heterocycles. The number of halogens is 2. The van der Waals surface area contributed by atoms with Gasteiger partial charge < -0.3 is 9.84 Å². The van der Waals surface area contributed by atoms with Gasteiger partial charge in [-0.05, 0) is 66.6 Å². The second-order valence-electron chi connectivity index (χ2n) is 7.08. The Kier molecular flexibility index (Phi) is 5.03. The predicted octanol–water partition coefficient (Wildman–Crippen LogP) is 4.71. The Morgan fingerprint density at radius 3 is 2.59 bits per heavy atom. The van der Waals surface area contributed by atoms with Crippen LogP contribution in [0.5, 0.6) is 5.75 Å². The number of rotatable bonds is 6. The Labute approximate surface area is 167 Å². The molecule has 1 N–H and O–H groups in total. The molecular formula is C23H20F2N2O2. The number of ether oxygens (including phenoxy) is 1. The lowest BCUT2D eigenvalue weighted by Crippen LogP contribution is -2.35. The second-order valence-corrected chi connectivity index (χ2v) is 7.08. The molecule has 0 aliphatic carbocycles. The molecular weight excluding hydrogens is 374 g/mol. The van der Waals surface area contributed by atoms with E-state index in [-0.39, 0.29) is 12.4 Å². The molecule has 6 heteroatoms. The van der Waals surface area contributed by atoms with Crippen molar-refractivity contribution in [3.8, 4) is 11.4 Å². The Hall–Kier alpha value is -3.25. The van der Waals surface area contributed by atoms with Crippen molar-refractivity contribution >= 4 is 10.9 Å². The molecule has 4 rings (SSSR count). The molecule has 0 radical (unpaired) electrons. The van der Waals surface area contributed by atoms with E-state index in [1.807, 2.05) is 25.1 Å². The number of hydrogen-bond acceptors (Lipinski definition) is 3. The molecule has 3 aromatic carbocycles. The highest BCUT2D eigenvalue weighted by Gasteiger charge is 2.31. The summed E-state index contributed by atoms with van der Waals surface area (Å²) in [5, 5.41) is 15.9. The van der Waals surface area contributed by atoms with Gasteiger partial charge in [0.05, 0.1) is 17.4 Å². The van der Waals surface area contributed by atoms with Crippen molar-refractivity contribution in [1.82, 2.24) is 9.78 Å². The summed E-state index contributed by atoms with van der Waals surface area (Å²) < 4.78 is 34.3. The Bertz CT molecular complexity index is 1140. The largest absolute Gasteiger partial charge is 0.490 e. The van der Waals surface area contributed by atoms with Crippen LogP contribution < -0.4 is 4.74 Å². The van der Waals surface area contributed by atoms with Crippen LogP contribution in [-0.4, -0.2) is 28.2 Å². The lowest BCUT2D eigenvalue weighted by atomic mass is 9.95. The molecule has 0 fully saturated rings. The Morgan fingerprint density at radius 1 is 1.07 bits per heavy atom. The number of nitrogens with zero attached hydrogens (tertiary/aromatic N) is 2. The summed E-state index contributed by atoms with van der Waals surface area (Å²) in [6, 6.07) is 18.5. The van der Waals surface area contributed by atoms with Crippen molar-refractivity contribution in [2.24, 2.45) is 0 Å². The quantitative estimate of drug-likeness (QED) is 0.515. The van der Waals surface area contributed by atoms with E-state index >= 15 is 0 Å². The van der Waals surface area contributed by atoms with Crippen molar-refractivity contribution in [3.05, 3.63) is 89.9 Å². The van der Waals surface area contributed by atoms with Gasteiger partial charge in [0, 0.05) is 5.39 Å². The standard InChI is InChI=1S/C23H20F2N2O2/c1-16-3-2-4-21(11-16)29-15-23(28,14-24)18-5-10-22-17(12-18)13-26-27(22)20-8-6-19(25)7-9-20/h2-13,28H,14-15H2,1H3. The van der Waals surface area contributed by atoms with Crippen LogP contribution in [0, 0.1) is 12.7 Å². The first kappa shape index (κ1) is 19.1. The zero-order valence-corrected chi connectivity index (χ0v) is 15.8. The van der Waals surface area contributed by atoms with Crippen molar-refractivity contribution in [1.29, 1.82) is 0 Å². The Morgan fingerprint density at radius 2 is 1.86 bits per heavy atom. The van der Waals surface area contributed by atoms with Gasteiger partial charge in [-0.3, -0.25) is 0 Å². The molecule has 4 nitrogen and oxygen atoms in total. The van der Waals surface area contributed by atoms with E-state index in [2.05, 4.69) is 5.10 Å². The molecule has 0 bridgehead atoms. The zero-order valence-electron chi connectivity index (χ0n) is 15.8. The van der Waals surface area contributed by atoms with Crippen LogP contribution in [-0.2, 0) is 5.60 Å². The fraction of sp³-hybridized carbons (Fsp3) is 0.174. The summed E-state index contributed by atoms with van der Waals surface area (Å²) in [4.78, 5) is 0. The molecule has 1 unspecified atom stereocenters. The third-order valence-corrected chi connectivity index (χ3v) is 4.86. The molecule has 0 saturated carbocycles. The van der Waals surface area contributed by atoms with Crippen molar-refractivity contribution < 1.29 is 18.6 Å². The first-order valence-corrected chi connectivity index (χ1v) is 9.20. The third kappa shape index (κ3) is 3.84. The van der Waals surface area contributed by atoms with Gasteiger partial charge in [0.1, 0.15) is 24.8 Å². The highest BCUT2D eigenvalue weighted by atomic mass is 19.1. The minimum atomic E-state index is -1.78. The van der Waals surface area contributed by atoms with Crippen molar-refractivity contribution in [2.45, 2.75) is 12.5 Å². The van der Waals surface area contributed by atoms with Crippen LogP contribution in [0.4, 0.5) is 8.78 Å². The maximum absolute atomic E-state index is 13.8. The van der Waals surface area contributed by atoms with Gasteiger partial charge in [-0.25, -0.2) is 13.5 Å². The van der Waals surface area contributed by atoms with Crippen LogP contribution in [0.1, 0.15) is 11.1 Å². The van der Waals surface area contributed by atoms with Crippen molar-refractivity contribution in [2.75, 3.05) is 13.3 Å². The van der Waals surface area contributed by atoms with E-state index in [9.17, 15) is 13.9 Å². The monoisotopic (exact) mass is 394 g/mol. The molecule has 0 aliphatic heterocycles. The van der Waals surface area contributed by atoms with Gasteiger partial charge >= 0.3 is 0 Å². The summed E-state index contributed by atoms with van der Waals surface area (Å²) >= 11 is 0. The van der Waals surface area contributed by atoms with Gasteiger partial charge in [0.25, 0.3) is 0 Å². The number of fused-ring (bicyclic) bond motifs is 1. The smallest absolute Gasteiger partial charge is 0.152 e. The minimum Gasteiger partial charge on any atom is -0.490 e. The number of benzene rings is 3. The average Bonchev–Trinajstić information content (AvgIpc) is 3.16. The summed E-state index contributed by atoms with van der Waals surface area (Å²) in [5.74, 6) is 0.246. The summed E-state index contributed by atoms with van der Waals surface area (Å²) in [6.45, 7) is 0.724. The third-order valence-electron chi connectivity index (χ3n) is 4.86. The van der Waals surface area contributed by atoms with Gasteiger partial charge in [-0.1, -0.05) is 18.2 Å². The lowest BCUT2D eigenvalue weighted by Gasteiger charge is -2.25. The van der Waals surface area contributed by atoms with Crippen LogP contribution in [0.3, 0.4) is 0 Å². The van der Waals surface area contributed by atoms with Gasteiger partial charge in [0.15, 0.2) is 5.60 Å². The topological polar surface area (TPSA) is 47.3 Å². The van der Waals surface area contributed by atoms with Gasteiger partial charge in [0.2, 0.25) is 0 Å². The van der Waals surface area contributed by atoms with Crippen LogP contribution in [0.2, 0.25) is 0 Å². The molecule has 148 valence electrons. The minimum absolute atomic E-state index is 0.218. The molecule has 0 spiro atoms. The number of hydrogen-bond donors (Lipinski definition) is 1.